The largest absolute Gasteiger partial charge is 0.497 e. The number of amides is 1. The average molecular weight is 388 g/mol. The lowest BCUT2D eigenvalue weighted by atomic mass is 9.89. The predicted octanol–water partition coefficient (Wildman–Crippen LogP) is 2.66. The Bertz CT molecular complexity index is 820. The van der Waals surface area contributed by atoms with Gasteiger partial charge in [0, 0.05) is 29.3 Å². The van der Waals surface area contributed by atoms with Gasteiger partial charge in [0.1, 0.15) is 11.6 Å². The minimum atomic E-state index is 0.0334. The van der Waals surface area contributed by atoms with Crippen LogP contribution in [0.2, 0.25) is 0 Å². The summed E-state index contributed by atoms with van der Waals surface area (Å²) in [4.78, 5) is 12.3. The maximum atomic E-state index is 12.3. The van der Waals surface area contributed by atoms with Gasteiger partial charge in [-0.3, -0.25) is 10.2 Å². The van der Waals surface area contributed by atoms with Crippen molar-refractivity contribution in [3.63, 3.8) is 0 Å². The normalized spacial score (nSPS) is 25.2. The number of methoxy groups -OCH3 is 1. The number of ether oxygens (including phenoxy) is 1. The Morgan fingerprint density at radius 1 is 1.30 bits per heavy atom. The van der Waals surface area contributed by atoms with Crippen LogP contribution in [0, 0.1) is 5.92 Å². The third-order valence-corrected chi connectivity index (χ3v) is 6.55. The summed E-state index contributed by atoms with van der Waals surface area (Å²) in [6, 6.07) is 8.51. The molecular weight excluding hydrogens is 362 g/mol. The third kappa shape index (κ3) is 3.44. The standard InChI is InChI=1S/C19H25N5O2S/c1-11(2)24-19-15(9-21-24)18(27-10-16(25)22-19)14-8-20-23-17(14)12-4-6-13(26-3)7-5-12/h4-7,9,11,14,17-18,20,23H,8,10H2,1-3H3,(H,22,25). The molecule has 4 rings (SSSR count). The van der Waals surface area contributed by atoms with Gasteiger partial charge >= 0.3 is 0 Å². The molecule has 2 aliphatic rings. The molecule has 0 bridgehead atoms. The lowest BCUT2D eigenvalue weighted by Gasteiger charge is -2.26. The van der Waals surface area contributed by atoms with Gasteiger partial charge in [0.2, 0.25) is 5.91 Å². The molecule has 3 atom stereocenters. The number of nitrogens with zero attached hydrogens (tertiary/aromatic N) is 2. The fourth-order valence-corrected chi connectivity index (χ4v) is 5.07. The summed E-state index contributed by atoms with van der Waals surface area (Å²) < 4.78 is 7.19. The van der Waals surface area contributed by atoms with E-state index >= 15 is 0 Å². The smallest absolute Gasteiger partial charge is 0.235 e. The molecule has 3 unspecified atom stereocenters. The maximum absolute atomic E-state index is 12.3. The summed E-state index contributed by atoms with van der Waals surface area (Å²) in [5, 5.41) is 7.77. The van der Waals surface area contributed by atoms with Crippen molar-refractivity contribution in [3.8, 4) is 5.75 Å². The Kier molecular flexibility index (Phi) is 5.12. The fraction of sp³-hybridized carbons (Fsp3) is 0.474. The van der Waals surface area contributed by atoms with E-state index in [1.807, 2.05) is 23.0 Å². The molecule has 8 heteroatoms. The van der Waals surface area contributed by atoms with Gasteiger partial charge in [-0.25, -0.2) is 10.1 Å². The number of thioether (sulfide) groups is 1. The first-order chi connectivity index (χ1) is 13.1. The maximum Gasteiger partial charge on any atom is 0.235 e. The highest BCUT2D eigenvalue weighted by molar-refractivity contribution is 8.00. The van der Waals surface area contributed by atoms with Crippen LogP contribution < -0.4 is 20.9 Å². The molecule has 27 heavy (non-hydrogen) atoms. The number of carbonyl (C=O) groups excluding carboxylic acids is 1. The first-order valence-corrected chi connectivity index (χ1v) is 10.2. The number of hydrogen-bond donors (Lipinski definition) is 3. The van der Waals surface area contributed by atoms with Crippen molar-refractivity contribution in [2.24, 2.45) is 5.92 Å². The highest BCUT2D eigenvalue weighted by atomic mass is 32.2. The van der Waals surface area contributed by atoms with Gasteiger partial charge in [0.15, 0.2) is 0 Å². The third-order valence-electron chi connectivity index (χ3n) is 5.16. The molecule has 1 aromatic heterocycles. The molecule has 1 amide bonds. The molecule has 144 valence electrons. The summed E-state index contributed by atoms with van der Waals surface area (Å²) in [6.45, 7) is 4.98. The van der Waals surface area contributed by atoms with Crippen LogP contribution in [0.4, 0.5) is 5.82 Å². The summed E-state index contributed by atoms with van der Waals surface area (Å²) in [7, 11) is 1.67. The number of benzene rings is 1. The molecule has 2 aromatic rings. The lowest BCUT2D eigenvalue weighted by molar-refractivity contribution is -0.113. The van der Waals surface area contributed by atoms with Crippen LogP contribution in [-0.2, 0) is 4.79 Å². The number of anilines is 1. The van der Waals surface area contributed by atoms with Gasteiger partial charge < -0.3 is 10.1 Å². The Balaban J connectivity index is 1.68. The van der Waals surface area contributed by atoms with Crippen molar-refractivity contribution in [1.29, 1.82) is 0 Å². The number of carbonyl (C=O) groups is 1. The SMILES string of the molecule is COc1ccc(C2NNCC2C2SCC(=O)Nc3c2cnn3C(C)C)cc1. The van der Waals surface area contributed by atoms with Gasteiger partial charge in [-0.05, 0) is 31.5 Å². The zero-order valence-corrected chi connectivity index (χ0v) is 16.5. The van der Waals surface area contributed by atoms with Crippen LogP contribution in [0.3, 0.4) is 0 Å². The molecule has 3 N–H and O–H groups in total. The van der Waals surface area contributed by atoms with E-state index < -0.39 is 0 Å². The number of hydrogen-bond acceptors (Lipinski definition) is 6. The molecule has 1 saturated heterocycles. The zero-order chi connectivity index (χ0) is 19.0. The minimum Gasteiger partial charge on any atom is -0.497 e. The van der Waals surface area contributed by atoms with Crippen LogP contribution in [0.15, 0.2) is 30.5 Å². The Morgan fingerprint density at radius 3 is 2.78 bits per heavy atom. The monoisotopic (exact) mass is 387 g/mol. The Hall–Kier alpha value is -2.03. The molecule has 7 nitrogen and oxygen atoms in total. The van der Waals surface area contributed by atoms with Crippen molar-refractivity contribution >= 4 is 23.5 Å². The van der Waals surface area contributed by atoms with Crippen LogP contribution >= 0.6 is 11.8 Å². The summed E-state index contributed by atoms with van der Waals surface area (Å²) in [5.74, 6) is 2.46. The van der Waals surface area contributed by atoms with Crippen molar-refractivity contribution in [2.75, 3.05) is 24.7 Å². The summed E-state index contributed by atoms with van der Waals surface area (Å²) >= 11 is 1.69. The van der Waals surface area contributed by atoms with Gasteiger partial charge in [0.25, 0.3) is 0 Å². The zero-order valence-electron chi connectivity index (χ0n) is 15.7. The van der Waals surface area contributed by atoms with E-state index in [9.17, 15) is 4.79 Å². The van der Waals surface area contributed by atoms with Crippen LogP contribution in [0.5, 0.6) is 5.75 Å². The average Bonchev–Trinajstić information content (AvgIpc) is 3.27. The van der Waals surface area contributed by atoms with E-state index in [2.05, 4.69) is 47.2 Å². The van der Waals surface area contributed by atoms with Crippen LogP contribution in [-0.4, -0.2) is 35.1 Å². The van der Waals surface area contributed by atoms with E-state index in [4.69, 9.17) is 4.74 Å². The van der Waals surface area contributed by atoms with Gasteiger partial charge in [0.05, 0.1) is 25.1 Å². The van der Waals surface area contributed by atoms with E-state index in [-0.39, 0.29) is 23.2 Å². The van der Waals surface area contributed by atoms with E-state index in [0.717, 1.165) is 23.7 Å². The van der Waals surface area contributed by atoms with Gasteiger partial charge in [-0.2, -0.15) is 5.10 Å². The second kappa shape index (κ2) is 7.53. The second-order valence-electron chi connectivity index (χ2n) is 7.21. The first-order valence-electron chi connectivity index (χ1n) is 9.19. The Labute approximate surface area is 163 Å². The molecule has 2 aliphatic heterocycles. The van der Waals surface area contributed by atoms with Gasteiger partial charge in [-0.15, -0.1) is 11.8 Å². The number of hydrazine groups is 1. The van der Waals surface area contributed by atoms with E-state index in [1.54, 1.807) is 18.9 Å². The van der Waals surface area contributed by atoms with Gasteiger partial charge in [-0.1, -0.05) is 12.1 Å². The molecule has 1 aromatic carbocycles. The highest BCUT2D eigenvalue weighted by Crippen LogP contribution is 2.47. The minimum absolute atomic E-state index is 0.0334. The predicted molar refractivity (Wildman–Crippen MR) is 107 cm³/mol. The quantitative estimate of drug-likeness (QED) is 0.748. The summed E-state index contributed by atoms with van der Waals surface area (Å²) in [5.41, 5.74) is 9.03. The molecular formula is C19H25N5O2S. The van der Waals surface area contributed by atoms with Crippen molar-refractivity contribution < 1.29 is 9.53 Å². The number of fused-ring (bicyclic) bond motifs is 1. The van der Waals surface area contributed by atoms with Crippen molar-refractivity contribution in [3.05, 3.63) is 41.6 Å². The lowest BCUT2D eigenvalue weighted by Crippen LogP contribution is -2.25. The number of aromatic nitrogens is 2. The number of rotatable bonds is 4. The highest BCUT2D eigenvalue weighted by Gasteiger charge is 2.39. The fourth-order valence-electron chi connectivity index (χ4n) is 3.82. The molecule has 0 aliphatic carbocycles. The Morgan fingerprint density at radius 2 is 2.07 bits per heavy atom. The van der Waals surface area contributed by atoms with Crippen molar-refractivity contribution in [1.82, 2.24) is 20.6 Å². The van der Waals surface area contributed by atoms with Crippen LogP contribution in [0.1, 0.15) is 42.3 Å². The molecule has 0 saturated carbocycles. The summed E-state index contributed by atoms with van der Waals surface area (Å²) in [6.07, 6.45) is 1.92. The molecule has 1 fully saturated rings. The van der Waals surface area contributed by atoms with Crippen molar-refractivity contribution in [2.45, 2.75) is 31.2 Å². The van der Waals surface area contributed by atoms with E-state index in [0.29, 0.717) is 11.7 Å². The molecule has 3 heterocycles. The first kappa shape index (κ1) is 18.3. The van der Waals surface area contributed by atoms with Crippen LogP contribution in [0.25, 0.3) is 0 Å². The molecule has 0 radical (unpaired) electrons. The second-order valence-corrected chi connectivity index (χ2v) is 8.34. The topological polar surface area (TPSA) is 80.2 Å². The molecule has 0 spiro atoms. The van der Waals surface area contributed by atoms with E-state index in [1.165, 1.54) is 5.56 Å². The number of nitrogens with one attached hydrogen (secondary N) is 3.